The van der Waals surface area contributed by atoms with Crippen molar-refractivity contribution in [3.8, 4) is 0 Å². The number of nitrogens with zero attached hydrogens (tertiary/aromatic N) is 1. The SMILES string of the molecule is Cl.NC1CCC(C(=O)NC2CCN(c3ccccc3Cl)C2=O)C1. The normalized spacial score (nSPS) is 27.0. The zero-order chi connectivity index (χ0) is 15.7. The van der Waals surface area contributed by atoms with Gasteiger partial charge < -0.3 is 16.0 Å². The average Bonchev–Trinajstić information content (AvgIpc) is 3.07. The smallest absolute Gasteiger partial charge is 0.249 e. The Bertz CT molecular complexity index is 596. The van der Waals surface area contributed by atoms with Crippen LogP contribution in [0.4, 0.5) is 5.69 Å². The molecule has 1 heterocycles. The van der Waals surface area contributed by atoms with Gasteiger partial charge in [0, 0.05) is 18.5 Å². The Hall–Kier alpha value is -1.30. The van der Waals surface area contributed by atoms with Gasteiger partial charge in [0.05, 0.1) is 10.7 Å². The van der Waals surface area contributed by atoms with E-state index in [1.54, 1.807) is 11.0 Å². The van der Waals surface area contributed by atoms with E-state index in [1.807, 2.05) is 18.2 Å². The molecule has 3 unspecified atom stereocenters. The van der Waals surface area contributed by atoms with Crippen LogP contribution in [0.5, 0.6) is 0 Å². The summed E-state index contributed by atoms with van der Waals surface area (Å²) in [7, 11) is 0. The highest BCUT2D eigenvalue weighted by Crippen LogP contribution is 2.29. The maximum absolute atomic E-state index is 12.5. The number of carbonyl (C=O) groups is 2. The molecule has 3 N–H and O–H groups in total. The minimum absolute atomic E-state index is 0. The van der Waals surface area contributed by atoms with Crippen LogP contribution >= 0.6 is 24.0 Å². The average molecular weight is 358 g/mol. The molecule has 126 valence electrons. The van der Waals surface area contributed by atoms with Crippen molar-refractivity contribution in [1.82, 2.24) is 5.32 Å². The molecule has 1 aromatic rings. The lowest BCUT2D eigenvalue weighted by Crippen LogP contribution is -2.43. The number of hydrogen-bond donors (Lipinski definition) is 2. The molecule has 2 amide bonds. The lowest BCUT2D eigenvalue weighted by atomic mass is 10.1. The minimum Gasteiger partial charge on any atom is -0.344 e. The summed E-state index contributed by atoms with van der Waals surface area (Å²) in [5, 5.41) is 3.43. The Labute approximate surface area is 146 Å². The van der Waals surface area contributed by atoms with E-state index in [9.17, 15) is 9.59 Å². The number of benzene rings is 1. The van der Waals surface area contributed by atoms with Crippen LogP contribution in [0.25, 0.3) is 0 Å². The second-order valence-electron chi connectivity index (χ2n) is 6.06. The maximum atomic E-state index is 12.5. The van der Waals surface area contributed by atoms with Crippen LogP contribution < -0.4 is 16.0 Å². The van der Waals surface area contributed by atoms with Crippen LogP contribution in [-0.4, -0.2) is 30.4 Å². The van der Waals surface area contributed by atoms with Crippen LogP contribution in [0.3, 0.4) is 0 Å². The molecular weight excluding hydrogens is 337 g/mol. The van der Waals surface area contributed by atoms with Crippen molar-refractivity contribution in [1.29, 1.82) is 0 Å². The second kappa shape index (κ2) is 7.51. The van der Waals surface area contributed by atoms with Gasteiger partial charge in [-0.25, -0.2) is 0 Å². The second-order valence-corrected chi connectivity index (χ2v) is 6.47. The van der Waals surface area contributed by atoms with Crippen molar-refractivity contribution >= 4 is 41.5 Å². The fraction of sp³-hybridized carbons (Fsp3) is 0.500. The van der Waals surface area contributed by atoms with Gasteiger partial charge in [-0.15, -0.1) is 12.4 Å². The van der Waals surface area contributed by atoms with Gasteiger partial charge in [-0.3, -0.25) is 9.59 Å². The Morgan fingerprint density at radius 3 is 2.65 bits per heavy atom. The fourth-order valence-corrected chi connectivity index (χ4v) is 3.51. The van der Waals surface area contributed by atoms with Gasteiger partial charge in [0.1, 0.15) is 6.04 Å². The van der Waals surface area contributed by atoms with Gasteiger partial charge in [0.15, 0.2) is 0 Å². The largest absolute Gasteiger partial charge is 0.344 e. The molecule has 1 aromatic carbocycles. The molecule has 1 saturated carbocycles. The number of nitrogens with two attached hydrogens (primary N) is 1. The number of nitrogens with one attached hydrogen (secondary N) is 1. The maximum Gasteiger partial charge on any atom is 0.249 e. The van der Waals surface area contributed by atoms with E-state index in [0.29, 0.717) is 30.1 Å². The highest BCUT2D eigenvalue weighted by atomic mass is 35.5. The van der Waals surface area contributed by atoms with Crippen LogP contribution in [0.2, 0.25) is 5.02 Å². The van der Waals surface area contributed by atoms with Gasteiger partial charge >= 0.3 is 0 Å². The molecule has 0 bridgehead atoms. The third-order valence-electron chi connectivity index (χ3n) is 4.51. The molecule has 2 fully saturated rings. The molecule has 0 spiro atoms. The first-order chi connectivity index (χ1) is 10.6. The van der Waals surface area contributed by atoms with Crippen LogP contribution in [0, 0.1) is 5.92 Å². The van der Waals surface area contributed by atoms with E-state index in [-0.39, 0.29) is 36.2 Å². The third-order valence-corrected chi connectivity index (χ3v) is 4.83. The number of carbonyl (C=O) groups excluding carboxylic acids is 2. The lowest BCUT2D eigenvalue weighted by Gasteiger charge is -2.19. The zero-order valence-corrected chi connectivity index (χ0v) is 14.3. The molecule has 0 aromatic heterocycles. The molecule has 3 rings (SSSR count). The van der Waals surface area contributed by atoms with Crippen molar-refractivity contribution < 1.29 is 9.59 Å². The molecule has 1 saturated heterocycles. The van der Waals surface area contributed by atoms with Crippen LogP contribution in [0.1, 0.15) is 25.7 Å². The predicted octanol–water partition coefficient (Wildman–Crippen LogP) is 2.11. The van der Waals surface area contributed by atoms with Gasteiger partial charge in [0.2, 0.25) is 11.8 Å². The molecule has 23 heavy (non-hydrogen) atoms. The van der Waals surface area contributed by atoms with E-state index < -0.39 is 6.04 Å². The summed E-state index contributed by atoms with van der Waals surface area (Å²) >= 11 is 6.15. The van der Waals surface area contributed by atoms with Crippen molar-refractivity contribution in [2.75, 3.05) is 11.4 Å². The fourth-order valence-electron chi connectivity index (χ4n) is 3.27. The lowest BCUT2D eigenvalue weighted by molar-refractivity contribution is -0.129. The van der Waals surface area contributed by atoms with E-state index >= 15 is 0 Å². The number of para-hydroxylation sites is 1. The van der Waals surface area contributed by atoms with Crippen molar-refractivity contribution in [3.05, 3.63) is 29.3 Å². The van der Waals surface area contributed by atoms with Gasteiger partial charge in [0.25, 0.3) is 0 Å². The standard InChI is InChI=1S/C16H20ClN3O2.ClH/c17-12-3-1-2-4-14(12)20-8-7-13(16(20)22)19-15(21)10-5-6-11(18)9-10;/h1-4,10-11,13H,5-9,18H2,(H,19,21);1H. The Morgan fingerprint density at radius 1 is 1.26 bits per heavy atom. The van der Waals surface area contributed by atoms with Crippen LogP contribution in [-0.2, 0) is 9.59 Å². The number of rotatable bonds is 3. The summed E-state index contributed by atoms with van der Waals surface area (Å²) < 4.78 is 0. The van der Waals surface area contributed by atoms with Crippen molar-refractivity contribution in [2.45, 2.75) is 37.8 Å². The first-order valence-electron chi connectivity index (χ1n) is 7.68. The van der Waals surface area contributed by atoms with Crippen LogP contribution in [0.15, 0.2) is 24.3 Å². The van der Waals surface area contributed by atoms with E-state index in [0.717, 1.165) is 12.8 Å². The zero-order valence-electron chi connectivity index (χ0n) is 12.7. The number of halogens is 2. The minimum atomic E-state index is -0.458. The molecule has 0 radical (unpaired) electrons. The summed E-state index contributed by atoms with van der Waals surface area (Å²) in [4.78, 5) is 26.4. The molecular formula is C16H21Cl2N3O2. The van der Waals surface area contributed by atoms with E-state index in [4.69, 9.17) is 17.3 Å². The van der Waals surface area contributed by atoms with E-state index in [1.165, 1.54) is 0 Å². The molecule has 1 aliphatic heterocycles. The summed E-state index contributed by atoms with van der Waals surface area (Å²) in [5.74, 6) is -0.201. The van der Waals surface area contributed by atoms with Crippen molar-refractivity contribution in [3.63, 3.8) is 0 Å². The summed E-state index contributed by atoms with van der Waals surface area (Å²) in [6.07, 6.45) is 3.00. The highest BCUT2D eigenvalue weighted by molar-refractivity contribution is 6.34. The Kier molecular flexibility index (Phi) is 5.89. The Morgan fingerprint density at radius 2 is 2.00 bits per heavy atom. The molecule has 3 atom stereocenters. The van der Waals surface area contributed by atoms with Gasteiger partial charge in [-0.2, -0.15) is 0 Å². The number of amides is 2. The summed E-state index contributed by atoms with van der Waals surface area (Å²) in [6, 6.07) is 6.90. The molecule has 2 aliphatic rings. The van der Waals surface area contributed by atoms with E-state index in [2.05, 4.69) is 5.32 Å². The number of hydrogen-bond acceptors (Lipinski definition) is 3. The first-order valence-corrected chi connectivity index (χ1v) is 8.06. The Balaban J connectivity index is 0.00000192. The number of anilines is 1. The highest BCUT2D eigenvalue weighted by Gasteiger charge is 2.36. The summed E-state index contributed by atoms with van der Waals surface area (Å²) in [6.45, 7) is 0.567. The molecule has 5 nitrogen and oxygen atoms in total. The third kappa shape index (κ3) is 3.79. The first kappa shape index (κ1) is 18.0. The predicted molar refractivity (Wildman–Crippen MR) is 92.9 cm³/mol. The topological polar surface area (TPSA) is 75.4 Å². The van der Waals surface area contributed by atoms with Crippen molar-refractivity contribution in [2.24, 2.45) is 11.7 Å². The van der Waals surface area contributed by atoms with Gasteiger partial charge in [-0.1, -0.05) is 23.7 Å². The molecule has 7 heteroatoms. The summed E-state index contributed by atoms with van der Waals surface area (Å²) in [5.41, 5.74) is 6.55. The molecule has 1 aliphatic carbocycles. The quantitative estimate of drug-likeness (QED) is 0.869. The monoisotopic (exact) mass is 357 g/mol. The van der Waals surface area contributed by atoms with Gasteiger partial charge in [-0.05, 0) is 37.8 Å².